The maximum atomic E-state index is 14.7. The fraction of sp³-hybridized carbons (Fsp3) is 0.429. The van der Waals surface area contributed by atoms with Crippen LogP contribution in [0, 0.1) is 5.82 Å². The third-order valence-corrected chi connectivity index (χ3v) is 5.56. The summed E-state index contributed by atoms with van der Waals surface area (Å²) in [6.07, 6.45) is 1.52. The molecule has 0 saturated heterocycles. The van der Waals surface area contributed by atoms with Crippen molar-refractivity contribution in [2.75, 3.05) is 37.0 Å². The first kappa shape index (κ1) is 18.9. The van der Waals surface area contributed by atoms with Crippen LogP contribution in [0.3, 0.4) is 0 Å². The summed E-state index contributed by atoms with van der Waals surface area (Å²) >= 11 is 0. The number of ether oxygens (including phenoxy) is 1. The molecule has 0 fully saturated rings. The van der Waals surface area contributed by atoms with E-state index < -0.39 is 5.82 Å². The molecule has 0 unspecified atom stereocenters. The average Bonchev–Trinajstić information content (AvgIpc) is 3.33. The third-order valence-electron chi connectivity index (χ3n) is 5.56. The quantitative estimate of drug-likeness (QED) is 0.703. The zero-order valence-corrected chi connectivity index (χ0v) is 17.4. The minimum atomic E-state index is -0.392. The van der Waals surface area contributed by atoms with Gasteiger partial charge in [-0.05, 0) is 33.0 Å². The molecule has 1 N–H and O–H groups in total. The molecular weight excluding hydrogens is 387 g/mol. The molecule has 8 nitrogen and oxygen atoms in total. The molecule has 0 atom stereocenters. The highest BCUT2D eigenvalue weighted by Gasteiger charge is 2.25. The van der Waals surface area contributed by atoms with Gasteiger partial charge in [0.2, 0.25) is 0 Å². The Hall–Kier alpha value is -3.07. The minimum Gasteiger partial charge on any atom is -0.486 e. The van der Waals surface area contributed by atoms with Crippen molar-refractivity contribution in [3.8, 4) is 17.0 Å². The van der Waals surface area contributed by atoms with E-state index >= 15 is 0 Å². The van der Waals surface area contributed by atoms with E-state index in [2.05, 4.69) is 46.1 Å². The number of aromatic nitrogens is 3. The van der Waals surface area contributed by atoms with Gasteiger partial charge in [0.05, 0.1) is 24.5 Å². The number of hydrogen-bond donors (Lipinski definition) is 1. The summed E-state index contributed by atoms with van der Waals surface area (Å²) in [7, 11) is 2.09. The number of likely N-dealkylation sites (N-methyl/N-ethyl adjacent to an activating group) is 1. The number of hydrogen-bond acceptors (Lipinski definition) is 7. The summed E-state index contributed by atoms with van der Waals surface area (Å²) in [4.78, 5) is 8.88. The van der Waals surface area contributed by atoms with Gasteiger partial charge in [-0.15, -0.1) is 0 Å². The fourth-order valence-corrected chi connectivity index (χ4v) is 4.02. The van der Waals surface area contributed by atoms with E-state index in [1.54, 1.807) is 0 Å². The van der Waals surface area contributed by atoms with Gasteiger partial charge >= 0.3 is 6.01 Å². The van der Waals surface area contributed by atoms with Crippen molar-refractivity contribution in [1.82, 2.24) is 19.7 Å². The van der Waals surface area contributed by atoms with Gasteiger partial charge in [-0.1, -0.05) is 0 Å². The molecule has 0 aliphatic carbocycles. The lowest BCUT2D eigenvalue weighted by Gasteiger charge is -2.34. The second-order valence-electron chi connectivity index (χ2n) is 8.09. The number of rotatable bonds is 4. The molecule has 1 aromatic carbocycles. The van der Waals surface area contributed by atoms with Crippen molar-refractivity contribution in [3.05, 3.63) is 36.0 Å². The van der Waals surface area contributed by atoms with Gasteiger partial charge in [0.1, 0.15) is 18.6 Å². The number of halogens is 1. The summed E-state index contributed by atoms with van der Waals surface area (Å²) in [6, 6.07) is 5.90. The van der Waals surface area contributed by atoms with Crippen molar-refractivity contribution < 1.29 is 13.5 Å². The number of benzene rings is 1. The summed E-state index contributed by atoms with van der Waals surface area (Å²) in [5, 5.41) is 7.67. The molecule has 2 aromatic heterocycles. The van der Waals surface area contributed by atoms with Crippen LogP contribution < -0.4 is 15.0 Å². The zero-order valence-electron chi connectivity index (χ0n) is 17.4. The smallest absolute Gasteiger partial charge is 0.300 e. The average molecular weight is 412 g/mol. The van der Waals surface area contributed by atoms with Crippen LogP contribution in [0.1, 0.15) is 19.5 Å². The van der Waals surface area contributed by atoms with Crippen LogP contribution in [0.4, 0.5) is 21.9 Å². The molecule has 4 heterocycles. The van der Waals surface area contributed by atoms with Crippen molar-refractivity contribution in [2.45, 2.75) is 33.0 Å². The molecular formula is C21H25FN6O2. The van der Waals surface area contributed by atoms with Crippen molar-refractivity contribution in [1.29, 1.82) is 0 Å². The van der Waals surface area contributed by atoms with E-state index in [4.69, 9.17) is 9.15 Å². The Labute approximate surface area is 174 Å². The Balaban J connectivity index is 1.41. The number of fused-ring (bicyclic) bond motifs is 2. The van der Waals surface area contributed by atoms with Crippen molar-refractivity contribution in [2.24, 2.45) is 0 Å². The first-order valence-corrected chi connectivity index (χ1v) is 10.2. The van der Waals surface area contributed by atoms with Gasteiger partial charge < -0.3 is 14.1 Å². The maximum Gasteiger partial charge on any atom is 0.300 e. The molecule has 0 amide bonds. The standard InChI is InChI=1S/C21H25FN6O2/c1-13(2)27-6-7-29-20-16(22)8-14(9-18(20)27)17-12-30-21(23-17)24-19-10-15-11-26(3)4-5-28(15)25-19/h8-10,12-13H,4-7,11H2,1-3H3,(H,23,24,25). The van der Waals surface area contributed by atoms with Gasteiger partial charge in [0.25, 0.3) is 0 Å². The van der Waals surface area contributed by atoms with Gasteiger partial charge in [0.15, 0.2) is 17.4 Å². The van der Waals surface area contributed by atoms with Crippen LogP contribution in [0.2, 0.25) is 0 Å². The highest BCUT2D eigenvalue weighted by atomic mass is 19.1. The molecule has 30 heavy (non-hydrogen) atoms. The summed E-state index contributed by atoms with van der Waals surface area (Å²) in [5.74, 6) is 0.593. The Morgan fingerprint density at radius 1 is 1.17 bits per heavy atom. The minimum absolute atomic E-state index is 0.239. The van der Waals surface area contributed by atoms with E-state index in [0.717, 1.165) is 37.6 Å². The predicted octanol–water partition coefficient (Wildman–Crippen LogP) is 3.47. The number of anilines is 3. The number of nitrogens with zero attached hydrogens (tertiary/aromatic N) is 5. The van der Waals surface area contributed by atoms with Gasteiger partial charge in [-0.25, -0.2) is 4.39 Å². The topological polar surface area (TPSA) is 71.6 Å². The lowest BCUT2D eigenvalue weighted by molar-refractivity contribution is 0.259. The second kappa shape index (κ2) is 7.32. The van der Waals surface area contributed by atoms with Gasteiger partial charge in [-0.3, -0.25) is 14.9 Å². The molecule has 0 bridgehead atoms. The normalized spacial score (nSPS) is 16.4. The van der Waals surface area contributed by atoms with Gasteiger partial charge in [0, 0.05) is 30.8 Å². The summed E-state index contributed by atoms with van der Waals surface area (Å²) < 4.78 is 27.9. The molecule has 5 rings (SSSR count). The van der Waals surface area contributed by atoms with Crippen molar-refractivity contribution in [3.63, 3.8) is 0 Å². The maximum absolute atomic E-state index is 14.7. The second-order valence-corrected chi connectivity index (χ2v) is 8.09. The van der Waals surface area contributed by atoms with E-state index in [0.29, 0.717) is 35.4 Å². The Bertz CT molecular complexity index is 1080. The Morgan fingerprint density at radius 2 is 2.03 bits per heavy atom. The lowest BCUT2D eigenvalue weighted by atomic mass is 10.1. The van der Waals surface area contributed by atoms with Crippen molar-refractivity contribution >= 4 is 17.5 Å². The Kier molecular flexibility index (Phi) is 4.62. The van der Waals surface area contributed by atoms with Crippen LogP contribution in [-0.4, -0.2) is 52.5 Å². The molecule has 9 heteroatoms. The number of oxazole rings is 1. The Morgan fingerprint density at radius 3 is 2.87 bits per heavy atom. The molecule has 0 saturated carbocycles. The molecule has 158 valence electrons. The lowest BCUT2D eigenvalue weighted by Crippen LogP contribution is -2.38. The zero-order chi connectivity index (χ0) is 20.8. The first-order chi connectivity index (χ1) is 14.5. The van der Waals surface area contributed by atoms with Gasteiger partial charge in [-0.2, -0.15) is 10.1 Å². The highest BCUT2D eigenvalue weighted by molar-refractivity contribution is 5.72. The van der Waals surface area contributed by atoms with E-state index in [1.807, 2.05) is 16.8 Å². The van der Waals surface area contributed by atoms with E-state index in [1.165, 1.54) is 12.3 Å². The highest BCUT2D eigenvalue weighted by Crippen LogP contribution is 2.39. The van der Waals surface area contributed by atoms with Crippen LogP contribution in [0.25, 0.3) is 11.3 Å². The van der Waals surface area contributed by atoms with Crippen LogP contribution >= 0.6 is 0 Å². The summed E-state index contributed by atoms with van der Waals surface area (Å²) in [5.41, 5.74) is 3.08. The molecule has 3 aromatic rings. The van der Waals surface area contributed by atoms with Crippen LogP contribution in [0.15, 0.2) is 28.9 Å². The number of nitrogens with one attached hydrogen (secondary N) is 1. The fourth-order valence-electron chi connectivity index (χ4n) is 4.02. The van der Waals surface area contributed by atoms with E-state index in [-0.39, 0.29) is 6.04 Å². The van der Waals surface area contributed by atoms with E-state index in [9.17, 15) is 4.39 Å². The molecule has 0 radical (unpaired) electrons. The molecule has 2 aliphatic heterocycles. The summed E-state index contributed by atoms with van der Waals surface area (Å²) in [6.45, 7) is 8.04. The predicted molar refractivity (Wildman–Crippen MR) is 112 cm³/mol. The monoisotopic (exact) mass is 412 g/mol. The largest absolute Gasteiger partial charge is 0.486 e. The third kappa shape index (κ3) is 3.39. The van der Waals surface area contributed by atoms with Crippen LogP contribution in [0.5, 0.6) is 5.75 Å². The molecule has 0 spiro atoms. The SMILES string of the molecule is CC(C)N1CCOc2c(F)cc(-c3coc(Nc4cc5n(n4)CCN(C)C5)n3)cc21. The molecule has 2 aliphatic rings. The first-order valence-electron chi connectivity index (χ1n) is 10.2. The van der Waals surface area contributed by atoms with Crippen LogP contribution in [-0.2, 0) is 13.1 Å².